The quantitative estimate of drug-likeness (QED) is 0.375. The minimum absolute atomic E-state index is 0. The second-order valence-corrected chi connectivity index (χ2v) is 0.192. The van der Waals surface area contributed by atoms with Crippen LogP contribution in [-0.2, 0) is 29.8 Å². The Hall–Kier alpha value is -0.00779. The van der Waals surface area contributed by atoms with Crippen molar-refractivity contribution in [3.63, 3.8) is 0 Å². The van der Waals surface area contributed by atoms with Crippen molar-refractivity contribution < 1.29 is 39.9 Å². The Morgan fingerprint density at radius 3 is 1.00 bits per heavy atom. The summed E-state index contributed by atoms with van der Waals surface area (Å²) < 4.78 is 16.5. The first kappa shape index (κ1) is 15.8. The van der Waals surface area contributed by atoms with E-state index >= 15 is 0 Å². The molecule has 0 radical (unpaired) electrons. The Balaban J connectivity index is -0.0000000400. The first-order chi connectivity index (χ1) is 2.83. The van der Waals surface area contributed by atoms with Crippen molar-refractivity contribution in [3.05, 3.63) is 0 Å². The predicted molar refractivity (Wildman–Crippen MR) is 12.9 cm³/mol. The third kappa shape index (κ3) is 1570000. The van der Waals surface area contributed by atoms with Gasteiger partial charge in [-0.25, -0.2) is 0 Å². The molecule has 0 bridgehead atoms. The van der Waals surface area contributed by atoms with Crippen molar-refractivity contribution in [2.24, 2.45) is 0 Å². The molecule has 0 aliphatic carbocycles. The Morgan fingerprint density at radius 2 is 1.00 bits per heavy atom. The maximum Gasteiger partial charge on any atom is 2.00 e. The van der Waals surface area contributed by atoms with Gasteiger partial charge in [0.15, 0.2) is 0 Å². The molecule has 0 fully saturated rings. The molecule has 0 saturated heterocycles. The average molecular weight is 192 g/mol. The summed E-state index contributed by atoms with van der Waals surface area (Å²) in [7, 11) is -1.00. The molecule has 7 heteroatoms. The molecule has 0 amide bonds. The van der Waals surface area contributed by atoms with Crippen molar-refractivity contribution in [2.75, 3.05) is 0 Å². The zero-order valence-corrected chi connectivity index (χ0v) is 4.66. The first-order valence-corrected chi connectivity index (χ1v) is 0.943. The molecule has 0 aliphatic rings. The van der Waals surface area contributed by atoms with E-state index in [-0.39, 0.29) is 20.4 Å². The SMILES string of the molecule is O=B[O-].O=B[O-].[Pd+2]. The van der Waals surface area contributed by atoms with Crippen LogP contribution in [0.3, 0.4) is 0 Å². The van der Waals surface area contributed by atoms with Gasteiger partial charge in [-0.2, -0.15) is 0 Å². The van der Waals surface area contributed by atoms with Crippen LogP contribution in [-0.4, -0.2) is 14.7 Å². The zero-order valence-electron chi connectivity index (χ0n) is 3.10. The Labute approximate surface area is 55.1 Å². The molecule has 0 atom stereocenters. The van der Waals surface area contributed by atoms with Gasteiger partial charge in [-0.3, -0.25) is 0 Å². The number of hydrogen-bond acceptors (Lipinski definition) is 4. The molecule has 0 aromatic carbocycles. The van der Waals surface area contributed by atoms with Gasteiger partial charge in [-0.15, -0.1) is 0 Å². The molecule has 0 aromatic rings. The minimum Gasteiger partial charge on any atom is 2.00 e. The third-order valence-electron chi connectivity index (χ3n) is 0. The van der Waals surface area contributed by atoms with Gasteiger partial charge < -0.3 is 0 Å². The molecule has 0 spiro atoms. The normalized spacial score (nSPS) is 2.29. The largest absolute Gasteiger partial charge is 2.00 e. The summed E-state index contributed by atoms with van der Waals surface area (Å²) in [6, 6.07) is 0. The molecule has 7 heavy (non-hydrogen) atoms. The molecule has 0 aromatic heterocycles. The van der Waals surface area contributed by atoms with Crippen molar-refractivity contribution in [1.29, 1.82) is 0 Å². The van der Waals surface area contributed by atoms with Crippen LogP contribution in [0.15, 0.2) is 0 Å². The van der Waals surface area contributed by atoms with Crippen LogP contribution in [0.1, 0.15) is 0 Å². The first-order valence-electron chi connectivity index (χ1n) is 0.943. The fraction of sp³-hybridized carbons (Fsp3) is 0. The van der Waals surface area contributed by atoms with Gasteiger partial charge in [-0.1, -0.05) is 0 Å². The van der Waals surface area contributed by atoms with Gasteiger partial charge in [0.25, 0.3) is 0 Å². The van der Waals surface area contributed by atoms with Gasteiger partial charge in [0.05, 0.1) is 0 Å². The Morgan fingerprint density at radius 1 is 1.00 bits per heavy atom. The maximum absolute atomic E-state index is 8.25. The van der Waals surface area contributed by atoms with E-state index in [2.05, 4.69) is 0 Å². The van der Waals surface area contributed by atoms with Crippen LogP contribution in [0.4, 0.5) is 0 Å². The summed E-state index contributed by atoms with van der Waals surface area (Å²) in [4.78, 5) is 0. The van der Waals surface area contributed by atoms with E-state index in [1.807, 2.05) is 0 Å². The maximum atomic E-state index is 8.25. The van der Waals surface area contributed by atoms with E-state index in [0.717, 1.165) is 0 Å². The molecule has 0 saturated carbocycles. The topological polar surface area (TPSA) is 80.3 Å². The predicted octanol–water partition coefficient (Wildman–Crippen LogP) is -3.38. The van der Waals surface area contributed by atoms with Gasteiger partial charge >= 0.3 is 54.6 Å². The minimum atomic E-state index is -0.500. The second kappa shape index (κ2) is 37.6. The van der Waals surface area contributed by atoms with Crippen molar-refractivity contribution in [3.8, 4) is 0 Å². The molecule has 0 aliphatic heterocycles. The van der Waals surface area contributed by atoms with Crippen molar-refractivity contribution in [2.45, 2.75) is 0 Å². The molecular weight excluding hydrogens is 192 g/mol. The molecule has 0 unspecified atom stereocenters. The van der Waals surface area contributed by atoms with E-state index in [1.54, 1.807) is 0 Å². The van der Waals surface area contributed by atoms with Gasteiger partial charge in [0, 0.05) is 0 Å². The Bertz CT molecular complexity index is 30.7. The molecule has 0 rings (SSSR count). The standard InChI is InChI=1S/2BO2.Pd/c2*2-1-3;/q2*-1;+2. The number of rotatable bonds is 0. The fourth-order valence-corrected chi connectivity index (χ4v) is 0. The summed E-state index contributed by atoms with van der Waals surface area (Å²) in [5.41, 5.74) is 0. The van der Waals surface area contributed by atoms with Crippen LogP contribution < -0.4 is 10.0 Å². The van der Waals surface area contributed by atoms with Gasteiger partial charge in [0.2, 0.25) is 0 Å². The zero-order chi connectivity index (χ0) is 5.41. The van der Waals surface area contributed by atoms with E-state index in [4.69, 9.17) is 19.5 Å². The molecular formula is B2O4Pd. The monoisotopic (exact) mass is 192 g/mol. The molecule has 0 heterocycles. The summed E-state index contributed by atoms with van der Waals surface area (Å²) in [5, 5.41) is 16.5. The van der Waals surface area contributed by atoms with Crippen LogP contribution in [0.5, 0.6) is 0 Å². The molecule has 40 valence electrons. The van der Waals surface area contributed by atoms with E-state index in [9.17, 15) is 0 Å². The van der Waals surface area contributed by atoms with E-state index < -0.39 is 14.7 Å². The molecule has 4 nitrogen and oxygen atoms in total. The van der Waals surface area contributed by atoms with Crippen LogP contribution in [0, 0.1) is 0 Å². The van der Waals surface area contributed by atoms with Crippen molar-refractivity contribution in [1.82, 2.24) is 0 Å². The van der Waals surface area contributed by atoms with E-state index in [1.165, 1.54) is 0 Å². The number of hydrogen-bond donors (Lipinski definition) is 0. The van der Waals surface area contributed by atoms with Crippen molar-refractivity contribution >= 4 is 14.7 Å². The van der Waals surface area contributed by atoms with Crippen LogP contribution in [0.2, 0.25) is 0 Å². The van der Waals surface area contributed by atoms with Crippen LogP contribution in [0.25, 0.3) is 0 Å². The van der Waals surface area contributed by atoms with Gasteiger partial charge in [0.1, 0.15) is 0 Å². The van der Waals surface area contributed by atoms with Gasteiger partial charge in [-0.05, 0) is 0 Å². The van der Waals surface area contributed by atoms with Crippen LogP contribution >= 0.6 is 0 Å². The summed E-state index contributed by atoms with van der Waals surface area (Å²) in [5.74, 6) is 0. The Kier molecular flexibility index (Phi) is 84.7. The fourth-order valence-electron chi connectivity index (χ4n) is 0. The second-order valence-electron chi connectivity index (χ2n) is 0.192. The molecule has 0 N–H and O–H groups in total. The average Bonchev–Trinajstić information content (AvgIpc) is 1.39. The third-order valence-corrected chi connectivity index (χ3v) is 0. The summed E-state index contributed by atoms with van der Waals surface area (Å²) in [6.07, 6.45) is 0. The summed E-state index contributed by atoms with van der Waals surface area (Å²) in [6.45, 7) is 0. The smallest absolute Gasteiger partial charge is 2.00 e. The summed E-state index contributed by atoms with van der Waals surface area (Å²) >= 11 is 0. The van der Waals surface area contributed by atoms with E-state index in [0.29, 0.717) is 0 Å².